The van der Waals surface area contributed by atoms with E-state index in [9.17, 15) is 14.4 Å². The lowest BCUT2D eigenvalue weighted by molar-refractivity contribution is -0.124. The number of fused-ring (bicyclic) bond motifs is 4. The molecule has 0 unspecified atom stereocenters. The van der Waals surface area contributed by atoms with Gasteiger partial charge in [0.2, 0.25) is 11.8 Å². The second-order valence-corrected chi connectivity index (χ2v) is 10.2. The van der Waals surface area contributed by atoms with E-state index >= 15 is 0 Å². The first kappa shape index (κ1) is 22.6. The number of hydrogen-bond acceptors (Lipinski definition) is 4. The molecule has 0 aromatic heterocycles. The number of amides is 2. The van der Waals surface area contributed by atoms with Gasteiger partial charge < -0.3 is 10.6 Å². The second-order valence-electron chi connectivity index (χ2n) is 10.2. The summed E-state index contributed by atoms with van der Waals surface area (Å²) in [5.74, 6) is -1.86. The van der Waals surface area contributed by atoms with Crippen molar-refractivity contribution in [3.8, 4) is 0 Å². The van der Waals surface area contributed by atoms with Crippen LogP contribution in [0.1, 0.15) is 27.0 Å². The Labute approximate surface area is 220 Å². The van der Waals surface area contributed by atoms with Crippen molar-refractivity contribution in [2.24, 2.45) is 5.92 Å². The molecule has 4 aromatic rings. The Morgan fingerprint density at radius 2 is 1.21 bits per heavy atom. The zero-order valence-electron chi connectivity index (χ0n) is 20.5. The van der Waals surface area contributed by atoms with Gasteiger partial charge in [0.05, 0.1) is 5.92 Å². The van der Waals surface area contributed by atoms with Crippen LogP contribution in [-0.2, 0) is 27.0 Å². The summed E-state index contributed by atoms with van der Waals surface area (Å²) in [5, 5.41) is 9.71. The van der Waals surface area contributed by atoms with Crippen LogP contribution in [0, 0.1) is 5.92 Å². The van der Waals surface area contributed by atoms with Gasteiger partial charge in [-0.1, -0.05) is 97.1 Å². The number of benzene rings is 4. The SMILES string of the molecule is O=C(c1ccccc1)[C@H]1[C@]2(C(=O)Nc3ccccc32)[C@H](Cc2ccccc2)N[C@]12C(=O)Nc1ccccc12. The number of Topliss-reactive ketones (excluding diaryl/α,β-unsaturated/α-hetero) is 1. The Balaban J connectivity index is 1.54. The van der Waals surface area contributed by atoms with Crippen molar-refractivity contribution in [2.75, 3.05) is 10.6 Å². The number of hydrogen-bond donors (Lipinski definition) is 3. The number of rotatable bonds is 4. The maximum atomic E-state index is 14.7. The molecule has 0 aliphatic carbocycles. The highest BCUT2D eigenvalue weighted by molar-refractivity contribution is 6.18. The van der Waals surface area contributed by atoms with Gasteiger partial charge in [0, 0.05) is 28.5 Å². The minimum atomic E-state index is -1.43. The fourth-order valence-electron chi connectivity index (χ4n) is 6.89. The summed E-state index contributed by atoms with van der Waals surface area (Å²) in [6.07, 6.45) is 0.457. The van der Waals surface area contributed by atoms with Gasteiger partial charge in [0.15, 0.2) is 5.78 Å². The predicted molar refractivity (Wildman–Crippen MR) is 145 cm³/mol. The zero-order valence-corrected chi connectivity index (χ0v) is 20.5. The van der Waals surface area contributed by atoms with Gasteiger partial charge in [-0.05, 0) is 29.7 Å². The van der Waals surface area contributed by atoms with Crippen molar-refractivity contribution < 1.29 is 14.4 Å². The quantitative estimate of drug-likeness (QED) is 0.363. The molecule has 186 valence electrons. The van der Waals surface area contributed by atoms with Crippen molar-refractivity contribution in [1.29, 1.82) is 0 Å². The third-order valence-electron chi connectivity index (χ3n) is 8.40. The van der Waals surface area contributed by atoms with Gasteiger partial charge in [-0.25, -0.2) is 0 Å². The Kier molecular flexibility index (Phi) is 4.90. The van der Waals surface area contributed by atoms with Crippen molar-refractivity contribution in [1.82, 2.24) is 5.32 Å². The number of carbonyl (C=O) groups is 3. The second kappa shape index (κ2) is 8.23. The van der Waals surface area contributed by atoms with Crippen LogP contribution < -0.4 is 16.0 Å². The molecule has 0 saturated carbocycles. The molecular weight excluding hydrogens is 474 g/mol. The number of para-hydroxylation sites is 2. The van der Waals surface area contributed by atoms with Gasteiger partial charge in [-0.3, -0.25) is 19.7 Å². The van der Waals surface area contributed by atoms with Crippen LogP contribution in [0.25, 0.3) is 0 Å². The third-order valence-corrected chi connectivity index (χ3v) is 8.40. The lowest BCUT2D eigenvalue weighted by Gasteiger charge is -2.36. The lowest BCUT2D eigenvalue weighted by atomic mass is 9.60. The van der Waals surface area contributed by atoms with E-state index in [0.717, 1.165) is 11.1 Å². The normalized spacial score (nSPS) is 26.7. The summed E-state index contributed by atoms with van der Waals surface area (Å²) in [6, 6.07) is 33.3. The topological polar surface area (TPSA) is 87.3 Å². The maximum Gasteiger partial charge on any atom is 0.250 e. The Morgan fingerprint density at radius 3 is 1.92 bits per heavy atom. The van der Waals surface area contributed by atoms with E-state index in [1.54, 1.807) is 12.1 Å². The van der Waals surface area contributed by atoms with Crippen LogP contribution in [0.4, 0.5) is 11.4 Å². The zero-order chi connectivity index (χ0) is 25.9. The van der Waals surface area contributed by atoms with E-state index in [1.807, 2.05) is 97.1 Å². The number of nitrogens with one attached hydrogen (secondary N) is 3. The van der Waals surface area contributed by atoms with Crippen molar-refractivity contribution in [3.05, 3.63) is 131 Å². The van der Waals surface area contributed by atoms with E-state index < -0.39 is 22.9 Å². The van der Waals surface area contributed by atoms with Gasteiger partial charge in [-0.2, -0.15) is 0 Å². The number of carbonyl (C=O) groups excluding carboxylic acids is 3. The monoisotopic (exact) mass is 499 g/mol. The Hall–Kier alpha value is -4.55. The molecule has 3 heterocycles. The minimum Gasteiger partial charge on any atom is -0.325 e. The summed E-state index contributed by atoms with van der Waals surface area (Å²) >= 11 is 0. The minimum absolute atomic E-state index is 0.243. The molecule has 6 nitrogen and oxygen atoms in total. The lowest BCUT2D eigenvalue weighted by Crippen LogP contribution is -2.54. The summed E-state index contributed by atoms with van der Waals surface area (Å²) in [6.45, 7) is 0. The predicted octanol–water partition coefficient (Wildman–Crippen LogP) is 4.44. The van der Waals surface area contributed by atoms with Gasteiger partial charge >= 0.3 is 0 Å². The summed E-state index contributed by atoms with van der Waals surface area (Å²) < 4.78 is 0. The molecule has 0 radical (unpaired) electrons. The van der Waals surface area contributed by atoms with Gasteiger partial charge in [-0.15, -0.1) is 0 Å². The highest BCUT2D eigenvalue weighted by atomic mass is 16.2. The Morgan fingerprint density at radius 1 is 0.658 bits per heavy atom. The smallest absolute Gasteiger partial charge is 0.250 e. The number of anilines is 2. The molecule has 1 saturated heterocycles. The molecular formula is C32H25N3O3. The molecule has 2 amide bonds. The summed E-state index contributed by atoms with van der Waals surface area (Å²) in [5.41, 5.74) is 1.47. The van der Waals surface area contributed by atoms with E-state index in [4.69, 9.17) is 0 Å². The van der Waals surface area contributed by atoms with Crippen molar-refractivity contribution in [3.63, 3.8) is 0 Å². The van der Waals surface area contributed by atoms with Gasteiger partial charge in [0.25, 0.3) is 0 Å². The molecule has 1 fully saturated rings. The van der Waals surface area contributed by atoms with Gasteiger partial charge in [0.1, 0.15) is 11.0 Å². The number of ketones is 1. The molecule has 0 bridgehead atoms. The average Bonchev–Trinajstić information content (AvgIpc) is 3.53. The third kappa shape index (κ3) is 2.89. The first-order valence-corrected chi connectivity index (χ1v) is 12.8. The maximum absolute atomic E-state index is 14.7. The molecule has 7 rings (SSSR count). The molecule has 3 aliphatic rings. The Bertz CT molecular complexity index is 1600. The van der Waals surface area contributed by atoms with Crippen molar-refractivity contribution >= 4 is 29.0 Å². The van der Waals surface area contributed by atoms with E-state index in [-0.39, 0.29) is 17.6 Å². The summed E-state index contributed by atoms with van der Waals surface area (Å²) in [4.78, 5) is 43.1. The van der Waals surface area contributed by atoms with E-state index in [1.165, 1.54) is 0 Å². The van der Waals surface area contributed by atoms with Crippen LogP contribution in [0.5, 0.6) is 0 Å². The van der Waals surface area contributed by atoms with E-state index in [2.05, 4.69) is 16.0 Å². The molecule has 6 heteroatoms. The van der Waals surface area contributed by atoms with Crippen LogP contribution in [0.15, 0.2) is 109 Å². The fourth-order valence-corrected chi connectivity index (χ4v) is 6.89. The molecule has 4 aromatic carbocycles. The highest BCUT2D eigenvalue weighted by Crippen LogP contribution is 2.60. The standard InChI is InChI=1S/C32H25N3O3/c36-27(21-13-5-2-6-14-21)28-31(22-15-7-9-17-24(22)33-29(31)37)26(19-20-11-3-1-4-12-20)35-32(28)23-16-8-10-18-25(23)34-30(32)38/h1-18,26,28,35H,19H2,(H,33,37)(H,34,38)/t26-,28-,31+,32-/m0/s1. The molecule has 2 spiro atoms. The fraction of sp³-hybridized carbons (Fsp3) is 0.156. The average molecular weight is 500 g/mol. The van der Waals surface area contributed by atoms with E-state index in [0.29, 0.717) is 28.9 Å². The highest BCUT2D eigenvalue weighted by Gasteiger charge is 2.74. The molecule has 4 atom stereocenters. The van der Waals surface area contributed by atoms with Crippen LogP contribution in [-0.4, -0.2) is 23.6 Å². The van der Waals surface area contributed by atoms with Crippen LogP contribution >= 0.6 is 0 Å². The first-order chi connectivity index (χ1) is 18.6. The van der Waals surface area contributed by atoms with Crippen LogP contribution in [0.2, 0.25) is 0 Å². The van der Waals surface area contributed by atoms with Crippen molar-refractivity contribution in [2.45, 2.75) is 23.4 Å². The molecule has 3 N–H and O–H groups in total. The largest absolute Gasteiger partial charge is 0.325 e. The summed E-state index contributed by atoms with van der Waals surface area (Å²) in [7, 11) is 0. The first-order valence-electron chi connectivity index (χ1n) is 12.8. The molecule has 38 heavy (non-hydrogen) atoms. The molecule has 3 aliphatic heterocycles. The van der Waals surface area contributed by atoms with Crippen LogP contribution in [0.3, 0.4) is 0 Å².